The maximum atomic E-state index is 13.9. The van der Waals surface area contributed by atoms with Gasteiger partial charge in [-0.25, -0.2) is 13.2 Å². The van der Waals surface area contributed by atoms with Crippen molar-refractivity contribution < 1.29 is 41.0 Å². The highest BCUT2D eigenvalue weighted by Gasteiger charge is 2.39. The number of hydrogen-bond donors (Lipinski definition) is 0. The lowest BCUT2D eigenvalue weighted by molar-refractivity contribution is -0.166. The third-order valence-corrected chi connectivity index (χ3v) is 4.02. The van der Waals surface area contributed by atoms with Gasteiger partial charge in [0.05, 0.1) is 11.8 Å². The highest BCUT2D eigenvalue weighted by molar-refractivity contribution is 5.83. The zero-order chi connectivity index (χ0) is 23.4. The second kappa shape index (κ2) is 10.0. The minimum atomic E-state index is -2.37. The van der Waals surface area contributed by atoms with Crippen molar-refractivity contribution >= 4 is 11.9 Å². The molecule has 0 amide bonds. The summed E-state index contributed by atoms with van der Waals surface area (Å²) in [4.78, 5) is 25.3. The lowest BCUT2D eigenvalue weighted by Gasteiger charge is -2.28. The Morgan fingerprint density at radius 3 is 1.77 bits per heavy atom. The van der Waals surface area contributed by atoms with Crippen LogP contribution in [0.5, 0.6) is 5.75 Å². The summed E-state index contributed by atoms with van der Waals surface area (Å²) in [6, 6.07) is 0. The summed E-state index contributed by atoms with van der Waals surface area (Å²) < 4.78 is 77.8. The van der Waals surface area contributed by atoms with Crippen LogP contribution in [0.2, 0.25) is 0 Å². The van der Waals surface area contributed by atoms with Crippen LogP contribution in [0.1, 0.15) is 47.5 Å². The number of benzene rings is 1. The first-order valence-corrected chi connectivity index (χ1v) is 9.28. The molecule has 0 unspecified atom stereocenters. The van der Waals surface area contributed by atoms with Crippen LogP contribution >= 0.6 is 0 Å². The Morgan fingerprint density at radius 1 is 0.900 bits per heavy atom. The van der Waals surface area contributed by atoms with Gasteiger partial charge in [-0.1, -0.05) is 19.9 Å². The van der Waals surface area contributed by atoms with Crippen LogP contribution in [-0.2, 0) is 14.3 Å². The van der Waals surface area contributed by atoms with Crippen molar-refractivity contribution in [3.05, 3.63) is 41.7 Å². The third kappa shape index (κ3) is 6.27. The van der Waals surface area contributed by atoms with E-state index in [0.717, 1.165) is 0 Å². The molecule has 30 heavy (non-hydrogen) atoms. The molecule has 1 aromatic rings. The average Bonchev–Trinajstić information content (AvgIpc) is 2.62. The summed E-state index contributed by atoms with van der Waals surface area (Å²) in [5.74, 6) is -17.8. The van der Waals surface area contributed by atoms with Gasteiger partial charge in [0.2, 0.25) is 34.8 Å². The second-order valence-corrected chi connectivity index (χ2v) is 8.22. The van der Waals surface area contributed by atoms with E-state index >= 15 is 0 Å². The van der Waals surface area contributed by atoms with Crippen molar-refractivity contribution in [2.75, 3.05) is 0 Å². The van der Waals surface area contributed by atoms with Crippen LogP contribution in [0.25, 0.3) is 0 Å². The Hall–Kier alpha value is -2.45. The molecule has 0 bridgehead atoms. The lowest BCUT2D eigenvalue weighted by Crippen LogP contribution is -2.38. The number of halogens is 5. The van der Waals surface area contributed by atoms with Gasteiger partial charge in [0.25, 0.3) is 0 Å². The highest BCUT2D eigenvalue weighted by Crippen LogP contribution is 2.33. The monoisotopic (exact) mass is 436 g/mol. The van der Waals surface area contributed by atoms with Crippen molar-refractivity contribution in [3.63, 3.8) is 0 Å². The third-order valence-electron chi connectivity index (χ3n) is 4.02. The van der Waals surface area contributed by atoms with Crippen molar-refractivity contribution in [2.24, 2.45) is 17.8 Å². The Balaban J connectivity index is 3.36. The van der Waals surface area contributed by atoms with Crippen molar-refractivity contribution in [3.8, 4) is 5.75 Å². The molecule has 0 N–H and O–H groups in total. The van der Waals surface area contributed by atoms with Gasteiger partial charge in [-0.15, -0.1) is 6.58 Å². The first-order valence-electron chi connectivity index (χ1n) is 9.28. The SMILES string of the molecule is C=CC[C@H](C(=O)OC(C)(C)C)[C@@H](CC(C)C)C(=O)Oc1c(F)c(F)c(F)c(F)c1F. The minimum absolute atomic E-state index is 0.0293. The smallest absolute Gasteiger partial charge is 0.315 e. The molecule has 2 atom stereocenters. The standard InChI is InChI=1S/C21H25F5O4/c1-7-8-11(20(28)30-21(4,5)6)12(9-10(2)3)19(27)29-18-16(25)14(23)13(22)15(24)17(18)26/h7,10-12H,1,8-9H2,2-6H3/t11-,12+/m0/s1. The molecule has 0 radical (unpaired) electrons. The molecule has 9 heteroatoms. The Kier molecular flexibility index (Phi) is 8.56. The van der Waals surface area contributed by atoms with Gasteiger partial charge < -0.3 is 9.47 Å². The average molecular weight is 436 g/mol. The van der Waals surface area contributed by atoms with E-state index in [0.29, 0.717) is 0 Å². The van der Waals surface area contributed by atoms with Crippen LogP contribution in [0.4, 0.5) is 22.0 Å². The van der Waals surface area contributed by atoms with Crippen LogP contribution in [-0.4, -0.2) is 17.5 Å². The summed E-state index contributed by atoms with van der Waals surface area (Å²) in [5.41, 5.74) is -0.885. The van der Waals surface area contributed by atoms with E-state index in [-0.39, 0.29) is 18.8 Å². The number of hydrogen-bond acceptors (Lipinski definition) is 4. The Bertz CT molecular complexity index is 786. The topological polar surface area (TPSA) is 52.6 Å². The quantitative estimate of drug-likeness (QED) is 0.135. The van der Waals surface area contributed by atoms with E-state index in [4.69, 9.17) is 4.74 Å². The molecule has 0 aliphatic heterocycles. The fourth-order valence-corrected chi connectivity index (χ4v) is 2.77. The van der Waals surface area contributed by atoms with Gasteiger partial charge in [-0.05, 0) is 39.5 Å². The van der Waals surface area contributed by atoms with Gasteiger partial charge in [0.1, 0.15) is 5.60 Å². The molecule has 0 heterocycles. The van der Waals surface area contributed by atoms with Crippen LogP contribution in [0, 0.1) is 46.8 Å². The van der Waals surface area contributed by atoms with Crippen LogP contribution in [0.3, 0.4) is 0 Å². The van der Waals surface area contributed by atoms with E-state index in [2.05, 4.69) is 11.3 Å². The molecule has 0 aliphatic carbocycles. The molecule has 168 valence electrons. The molecule has 1 rings (SSSR count). The Morgan fingerprint density at radius 2 is 1.37 bits per heavy atom. The zero-order valence-corrected chi connectivity index (χ0v) is 17.5. The number of rotatable bonds is 8. The van der Waals surface area contributed by atoms with Gasteiger partial charge in [-0.3, -0.25) is 9.59 Å². The first-order chi connectivity index (χ1) is 13.7. The summed E-state index contributed by atoms with van der Waals surface area (Å²) in [7, 11) is 0. The van der Waals surface area contributed by atoms with E-state index in [1.54, 1.807) is 34.6 Å². The van der Waals surface area contributed by atoms with E-state index in [9.17, 15) is 31.5 Å². The molecule has 0 spiro atoms. The summed E-state index contributed by atoms with van der Waals surface area (Å²) in [5, 5.41) is 0. The molecule has 0 fully saturated rings. The van der Waals surface area contributed by atoms with E-state index < -0.39 is 64.2 Å². The van der Waals surface area contributed by atoms with Crippen molar-refractivity contribution in [2.45, 2.75) is 53.1 Å². The lowest BCUT2D eigenvalue weighted by atomic mass is 9.83. The van der Waals surface area contributed by atoms with Crippen molar-refractivity contribution in [1.29, 1.82) is 0 Å². The number of carbonyl (C=O) groups is 2. The normalized spacial score (nSPS) is 13.7. The summed E-state index contributed by atoms with van der Waals surface area (Å²) >= 11 is 0. The molecule has 0 aliphatic rings. The minimum Gasteiger partial charge on any atom is -0.460 e. The summed E-state index contributed by atoms with van der Waals surface area (Å²) in [6.07, 6.45) is 1.36. The predicted octanol–water partition coefficient (Wildman–Crippen LogP) is 5.48. The predicted molar refractivity (Wildman–Crippen MR) is 99.0 cm³/mol. The number of allylic oxidation sites excluding steroid dienone is 1. The van der Waals surface area contributed by atoms with E-state index in [1.165, 1.54) is 6.08 Å². The van der Waals surface area contributed by atoms with Crippen molar-refractivity contribution in [1.82, 2.24) is 0 Å². The van der Waals surface area contributed by atoms with Crippen LogP contribution in [0.15, 0.2) is 12.7 Å². The molecule has 1 aromatic carbocycles. The number of esters is 2. The highest BCUT2D eigenvalue weighted by atomic mass is 19.2. The fourth-order valence-electron chi connectivity index (χ4n) is 2.77. The number of ether oxygens (including phenoxy) is 2. The Labute approximate surface area is 172 Å². The molecular formula is C21H25F5O4. The van der Waals surface area contributed by atoms with Gasteiger partial charge in [0, 0.05) is 0 Å². The number of carbonyl (C=O) groups excluding carboxylic acids is 2. The second-order valence-electron chi connectivity index (χ2n) is 8.22. The fraction of sp³-hybridized carbons (Fsp3) is 0.524. The van der Waals surface area contributed by atoms with Gasteiger partial charge in [0.15, 0.2) is 0 Å². The van der Waals surface area contributed by atoms with Crippen LogP contribution < -0.4 is 4.74 Å². The molecular weight excluding hydrogens is 411 g/mol. The zero-order valence-electron chi connectivity index (χ0n) is 17.5. The van der Waals surface area contributed by atoms with E-state index in [1.807, 2.05) is 0 Å². The molecule has 4 nitrogen and oxygen atoms in total. The van der Waals surface area contributed by atoms with Gasteiger partial charge in [-0.2, -0.15) is 8.78 Å². The summed E-state index contributed by atoms with van der Waals surface area (Å²) in [6.45, 7) is 11.8. The maximum absolute atomic E-state index is 13.9. The maximum Gasteiger partial charge on any atom is 0.315 e. The first kappa shape index (κ1) is 25.6. The molecule has 0 saturated carbocycles. The molecule has 0 aromatic heterocycles. The van der Waals surface area contributed by atoms with Gasteiger partial charge >= 0.3 is 11.9 Å². The largest absolute Gasteiger partial charge is 0.460 e. The molecule has 0 saturated heterocycles.